The van der Waals surface area contributed by atoms with Crippen molar-refractivity contribution in [1.82, 2.24) is 10.2 Å². The van der Waals surface area contributed by atoms with Crippen molar-refractivity contribution in [2.24, 2.45) is 5.92 Å². The Morgan fingerprint density at radius 3 is 2.11 bits per heavy atom. The highest BCUT2D eigenvalue weighted by molar-refractivity contribution is 5.99. The summed E-state index contributed by atoms with van der Waals surface area (Å²) in [5, 5.41) is 5.87. The van der Waals surface area contributed by atoms with Crippen LogP contribution in [0.25, 0.3) is 0 Å². The summed E-state index contributed by atoms with van der Waals surface area (Å²) in [4.78, 5) is 43.9. The van der Waals surface area contributed by atoms with Crippen LogP contribution in [0.1, 0.15) is 77.1 Å². The molecule has 0 aliphatic carbocycles. The van der Waals surface area contributed by atoms with Gasteiger partial charge in [0.05, 0.1) is 7.11 Å². The minimum Gasteiger partial charge on any atom is -0.497 e. The predicted octanol–water partition coefficient (Wildman–Crippen LogP) is 7.47. The SMILES string of the molecule is COc1ccc(NC(=O)C(c2cccc(C)c2)N(C(=O)C(Cc2ccccc2)NC(=O)OC(C)(C)C)C(C)CCC(C)C)cc1. The highest BCUT2D eigenvalue weighted by Gasteiger charge is 2.39. The standard InChI is InChI=1S/C37H49N3O5/c1-25(2)17-18-27(4)40(35(42)32(24-28-14-10-9-11-15-28)39-36(43)45-37(5,6)7)33(29-16-12-13-26(3)23-29)34(41)38-30-19-21-31(44-8)22-20-30/h9-16,19-23,25,27,32-33H,17-18,24H2,1-8H3,(H,38,41)(H,39,43). The second-order valence-corrected chi connectivity index (χ2v) is 13.0. The number of methoxy groups -OCH3 is 1. The molecule has 0 bridgehead atoms. The molecule has 3 aromatic carbocycles. The Balaban J connectivity index is 2.12. The van der Waals surface area contributed by atoms with Crippen LogP contribution in [-0.4, -0.2) is 47.6 Å². The first-order valence-corrected chi connectivity index (χ1v) is 15.6. The van der Waals surface area contributed by atoms with E-state index in [1.165, 1.54) is 0 Å². The molecule has 3 atom stereocenters. The van der Waals surface area contributed by atoms with Gasteiger partial charge in [0, 0.05) is 18.2 Å². The van der Waals surface area contributed by atoms with Gasteiger partial charge in [0.15, 0.2) is 0 Å². The lowest BCUT2D eigenvalue weighted by atomic mass is 9.95. The molecule has 3 rings (SSSR count). The Labute approximate surface area is 268 Å². The maximum absolute atomic E-state index is 14.8. The number of carbonyl (C=O) groups is 3. The zero-order valence-corrected chi connectivity index (χ0v) is 27.9. The van der Waals surface area contributed by atoms with Gasteiger partial charge in [-0.15, -0.1) is 0 Å². The highest BCUT2D eigenvalue weighted by Crippen LogP contribution is 2.30. The number of amides is 3. The molecule has 3 amide bonds. The van der Waals surface area contributed by atoms with Crippen molar-refractivity contribution in [1.29, 1.82) is 0 Å². The fourth-order valence-electron chi connectivity index (χ4n) is 5.16. The van der Waals surface area contributed by atoms with Gasteiger partial charge in [0.2, 0.25) is 5.91 Å². The maximum Gasteiger partial charge on any atom is 0.408 e. The topological polar surface area (TPSA) is 97.0 Å². The predicted molar refractivity (Wildman–Crippen MR) is 179 cm³/mol. The summed E-state index contributed by atoms with van der Waals surface area (Å²) in [5.41, 5.74) is 2.34. The van der Waals surface area contributed by atoms with Crippen molar-refractivity contribution in [3.05, 3.63) is 95.6 Å². The van der Waals surface area contributed by atoms with Crippen molar-refractivity contribution in [3.63, 3.8) is 0 Å². The Kier molecular flexibility index (Phi) is 12.6. The molecule has 0 aromatic heterocycles. The van der Waals surface area contributed by atoms with Crippen LogP contribution in [0.2, 0.25) is 0 Å². The molecular formula is C37H49N3O5. The van der Waals surface area contributed by atoms with Gasteiger partial charge < -0.3 is 25.0 Å². The Bertz CT molecular complexity index is 1400. The van der Waals surface area contributed by atoms with E-state index in [9.17, 15) is 14.4 Å². The minimum atomic E-state index is -0.982. The lowest BCUT2D eigenvalue weighted by Crippen LogP contribution is -2.55. The number of rotatable bonds is 13. The average molecular weight is 616 g/mol. The number of alkyl carbamates (subject to hydrolysis) is 1. The molecule has 3 unspecified atom stereocenters. The lowest BCUT2D eigenvalue weighted by molar-refractivity contribution is -0.143. The Morgan fingerprint density at radius 2 is 1.53 bits per heavy atom. The second kappa shape index (κ2) is 16.1. The quantitative estimate of drug-likeness (QED) is 0.208. The molecule has 0 saturated heterocycles. The maximum atomic E-state index is 14.8. The van der Waals surface area contributed by atoms with Gasteiger partial charge in [-0.3, -0.25) is 9.59 Å². The number of aryl methyl sites for hydroxylation is 1. The summed E-state index contributed by atoms with van der Waals surface area (Å²) in [5.74, 6) is 0.345. The van der Waals surface area contributed by atoms with Crippen molar-refractivity contribution in [2.75, 3.05) is 12.4 Å². The summed E-state index contributed by atoms with van der Waals surface area (Å²) in [6.45, 7) is 13.5. The van der Waals surface area contributed by atoms with Crippen LogP contribution in [0, 0.1) is 12.8 Å². The molecule has 8 nitrogen and oxygen atoms in total. The summed E-state index contributed by atoms with van der Waals surface area (Å²) in [6.07, 6.45) is 1.06. The second-order valence-electron chi connectivity index (χ2n) is 13.0. The van der Waals surface area contributed by atoms with Crippen molar-refractivity contribution in [3.8, 4) is 5.75 Å². The molecule has 0 heterocycles. The van der Waals surface area contributed by atoms with Crippen LogP contribution >= 0.6 is 0 Å². The number of hydrogen-bond acceptors (Lipinski definition) is 5. The summed E-state index contributed by atoms with van der Waals surface area (Å²) < 4.78 is 10.8. The molecule has 0 aliphatic heterocycles. The van der Waals surface area contributed by atoms with E-state index in [2.05, 4.69) is 24.5 Å². The zero-order chi connectivity index (χ0) is 33.1. The minimum absolute atomic E-state index is 0.229. The molecule has 0 aliphatic rings. The van der Waals surface area contributed by atoms with E-state index in [4.69, 9.17) is 9.47 Å². The number of benzene rings is 3. The van der Waals surface area contributed by atoms with E-state index >= 15 is 0 Å². The smallest absolute Gasteiger partial charge is 0.408 e. The number of ether oxygens (including phenoxy) is 2. The molecule has 0 radical (unpaired) electrons. The number of anilines is 1. The van der Waals surface area contributed by atoms with Crippen LogP contribution in [0.15, 0.2) is 78.9 Å². The third-order valence-electron chi connectivity index (χ3n) is 7.40. The van der Waals surface area contributed by atoms with E-state index in [-0.39, 0.29) is 24.3 Å². The van der Waals surface area contributed by atoms with E-state index in [0.717, 1.165) is 17.5 Å². The molecule has 3 aromatic rings. The molecular weight excluding hydrogens is 566 g/mol. The van der Waals surface area contributed by atoms with E-state index in [1.54, 1.807) is 57.0 Å². The van der Waals surface area contributed by atoms with E-state index in [1.807, 2.05) is 68.4 Å². The largest absolute Gasteiger partial charge is 0.497 e. The first-order chi connectivity index (χ1) is 21.3. The van der Waals surface area contributed by atoms with Crippen molar-refractivity contribution >= 4 is 23.6 Å². The molecule has 0 saturated carbocycles. The van der Waals surface area contributed by atoms with E-state index in [0.29, 0.717) is 29.3 Å². The van der Waals surface area contributed by atoms with Gasteiger partial charge in [0.1, 0.15) is 23.4 Å². The number of nitrogens with one attached hydrogen (secondary N) is 2. The van der Waals surface area contributed by atoms with Crippen LogP contribution in [0.3, 0.4) is 0 Å². The lowest BCUT2D eigenvalue weighted by Gasteiger charge is -2.39. The van der Waals surface area contributed by atoms with Gasteiger partial charge >= 0.3 is 6.09 Å². The monoisotopic (exact) mass is 615 g/mol. The first-order valence-electron chi connectivity index (χ1n) is 15.6. The molecule has 0 fully saturated rings. The molecule has 242 valence electrons. The van der Waals surface area contributed by atoms with E-state index < -0.39 is 23.8 Å². The highest BCUT2D eigenvalue weighted by atomic mass is 16.6. The van der Waals surface area contributed by atoms with Gasteiger partial charge in [0.25, 0.3) is 5.91 Å². The van der Waals surface area contributed by atoms with Crippen molar-refractivity contribution in [2.45, 2.75) is 91.5 Å². The average Bonchev–Trinajstić information content (AvgIpc) is 2.97. The molecule has 0 spiro atoms. The van der Waals surface area contributed by atoms with Crippen LogP contribution in [-0.2, 0) is 20.7 Å². The first kappa shape index (κ1) is 35.2. The van der Waals surface area contributed by atoms with Gasteiger partial charge in [-0.1, -0.05) is 74.0 Å². The zero-order valence-electron chi connectivity index (χ0n) is 27.9. The van der Waals surface area contributed by atoms with Gasteiger partial charge in [-0.05, 0) is 88.8 Å². The Morgan fingerprint density at radius 1 is 0.867 bits per heavy atom. The van der Waals surface area contributed by atoms with Gasteiger partial charge in [-0.2, -0.15) is 0 Å². The van der Waals surface area contributed by atoms with Crippen molar-refractivity contribution < 1.29 is 23.9 Å². The number of carbonyl (C=O) groups excluding carboxylic acids is 3. The third kappa shape index (κ3) is 11.0. The summed E-state index contributed by atoms with van der Waals surface area (Å²) in [7, 11) is 1.58. The fourth-order valence-corrected chi connectivity index (χ4v) is 5.16. The number of nitrogens with zero attached hydrogens (tertiary/aromatic N) is 1. The molecule has 8 heteroatoms. The Hall–Kier alpha value is -4.33. The summed E-state index contributed by atoms with van der Waals surface area (Å²) >= 11 is 0. The normalized spacial score (nSPS) is 13.4. The van der Waals surface area contributed by atoms with Crippen LogP contribution in [0.4, 0.5) is 10.5 Å². The fraction of sp³-hybridized carbons (Fsp3) is 0.432. The number of hydrogen-bond donors (Lipinski definition) is 2. The molecule has 2 N–H and O–H groups in total. The third-order valence-corrected chi connectivity index (χ3v) is 7.40. The molecule has 45 heavy (non-hydrogen) atoms. The van der Waals surface area contributed by atoms with Crippen LogP contribution < -0.4 is 15.4 Å². The van der Waals surface area contributed by atoms with Crippen LogP contribution in [0.5, 0.6) is 5.75 Å². The summed E-state index contributed by atoms with van der Waals surface area (Å²) in [6, 6.07) is 22.0. The van der Waals surface area contributed by atoms with Gasteiger partial charge in [-0.25, -0.2) is 4.79 Å².